The van der Waals surface area contributed by atoms with Crippen LogP contribution in [0.2, 0.25) is 0 Å². The van der Waals surface area contributed by atoms with Crippen LogP contribution in [0.5, 0.6) is 0 Å². The number of hydrogen-bond acceptors (Lipinski definition) is 3. The lowest BCUT2D eigenvalue weighted by Crippen LogP contribution is -2.33. The standard InChI is InChI=1S/C23H23NO2/c25-22(20-12-6-2-7-13-20)17-24(16-19-10-4-1-5-11-19)18-23(26)21-14-8-3-9-15-21/h1-15,22,25H,16-18H2. The highest BCUT2D eigenvalue weighted by Gasteiger charge is 2.17. The largest absolute Gasteiger partial charge is 0.387 e. The van der Waals surface area contributed by atoms with Gasteiger partial charge in [0, 0.05) is 18.7 Å². The maximum Gasteiger partial charge on any atom is 0.176 e. The fraction of sp³-hybridized carbons (Fsp3) is 0.174. The van der Waals surface area contributed by atoms with Gasteiger partial charge in [-0.05, 0) is 11.1 Å². The monoisotopic (exact) mass is 345 g/mol. The predicted octanol–water partition coefficient (Wildman–Crippen LogP) is 4.11. The van der Waals surface area contributed by atoms with E-state index in [1.807, 2.05) is 95.9 Å². The molecule has 0 aliphatic carbocycles. The maximum absolute atomic E-state index is 12.6. The molecule has 3 aromatic rings. The summed E-state index contributed by atoms with van der Waals surface area (Å²) in [5.74, 6) is 0.0572. The molecule has 1 N–H and O–H groups in total. The summed E-state index contributed by atoms with van der Waals surface area (Å²) in [6.45, 7) is 1.28. The van der Waals surface area contributed by atoms with Crippen LogP contribution in [0.3, 0.4) is 0 Å². The number of nitrogens with zero attached hydrogens (tertiary/aromatic N) is 1. The minimum atomic E-state index is -0.636. The minimum Gasteiger partial charge on any atom is -0.387 e. The summed E-state index contributed by atoms with van der Waals surface area (Å²) in [7, 11) is 0. The summed E-state index contributed by atoms with van der Waals surface area (Å²) >= 11 is 0. The predicted molar refractivity (Wildman–Crippen MR) is 104 cm³/mol. The first-order chi connectivity index (χ1) is 12.7. The van der Waals surface area contributed by atoms with E-state index in [1.165, 1.54) is 0 Å². The normalized spacial score (nSPS) is 12.1. The first-order valence-corrected chi connectivity index (χ1v) is 8.80. The average molecular weight is 345 g/mol. The number of Topliss-reactive ketones (excluding diaryl/α,β-unsaturated/α-hetero) is 1. The number of hydrogen-bond donors (Lipinski definition) is 1. The third kappa shape index (κ3) is 5.12. The van der Waals surface area contributed by atoms with E-state index < -0.39 is 6.10 Å². The second-order valence-corrected chi connectivity index (χ2v) is 6.37. The van der Waals surface area contributed by atoms with Gasteiger partial charge in [0.1, 0.15) is 0 Å². The minimum absolute atomic E-state index is 0.0572. The number of carbonyl (C=O) groups is 1. The van der Waals surface area contributed by atoms with Crippen LogP contribution >= 0.6 is 0 Å². The smallest absolute Gasteiger partial charge is 0.176 e. The Hall–Kier alpha value is -2.75. The van der Waals surface area contributed by atoms with E-state index >= 15 is 0 Å². The molecule has 3 nitrogen and oxygen atoms in total. The molecule has 3 rings (SSSR count). The van der Waals surface area contributed by atoms with Gasteiger partial charge in [0.15, 0.2) is 5.78 Å². The molecule has 0 saturated heterocycles. The second-order valence-electron chi connectivity index (χ2n) is 6.37. The van der Waals surface area contributed by atoms with Gasteiger partial charge in [-0.2, -0.15) is 0 Å². The topological polar surface area (TPSA) is 40.5 Å². The third-order valence-corrected chi connectivity index (χ3v) is 4.33. The average Bonchev–Trinajstić information content (AvgIpc) is 2.70. The Kier molecular flexibility index (Phi) is 6.31. The lowest BCUT2D eigenvalue weighted by Gasteiger charge is -2.25. The van der Waals surface area contributed by atoms with Crippen LogP contribution in [0.15, 0.2) is 91.0 Å². The quantitative estimate of drug-likeness (QED) is 0.625. The van der Waals surface area contributed by atoms with Crippen molar-refractivity contribution in [2.45, 2.75) is 12.6 Å². The molecule has 0 heterocycles. The Balaban J connectivity index is 1.74. The summed E-state index contributed by atoms with van der Waals surface area (Å²) in [6.07, 6.45) is -0.636. The lowest BCUT2D eigenvalue weighted by atomic mass is 10.1. The van der Waals surface area contributed by atoms with E-state index in [0.717, 1.165) is 11.1 Å². The SMILES string of the molecule is O=C(CN(Cc1ccccc1)CC(O)c1ccccc1)c1ccccc1. The van der Waals surface area contributed by atoms with E-state index in [4.69, 9.17) is 0 Å². The van der Waals surface area contributed by atoms with Gasteiger partial charge in [-0.3, -0.25) is 9.69 Å². The zero-order valence-corrected chi connectivity index (χ0v) is 14.7. The molecule has 26 heavy (non-hydrogen) atoms. The zero-order valence-electron chi connectivity index (χ0n) is 14.7. The van der Waals surface area contributed by atoms with Gasteiger partial charge in [-0.1, -0.05) is 91.0 Å². The van der Waals surface area contributed by atoms with Crippen molar-refractivity contribution in [1.82, 2.24) is 4.90 Å². The second kappa shape index (κ2) is 9.09. The molecule has 0 radical (unpaired) electrons. The molecule has 0 spiro atoms. The van der Waals surface area contributed by atoms with Crippen molar-refractivity contribution in [2.75, 3.05) is 13.1 Å². The first kappa shape index (κ1) is 18.1. The van der Waals surface area contributed by atoms with E-state index in [2.05, 4.69) is 0 Å². The van der Waals surface area contributed by atoms with E-state index in [9.17, 15) is 9.90 Å². The molecule has 0 aromatic heterocycles. The Labute approximate surface area is 154 Å². The molecule has 0 saturated carbocycles. The Bertz CT molecular complexity index is 803. The highest BCUT2D eigenvalue weighted by Crippen LogP contribution is 2.16. The molecule has 0 aliphatic rings. The van der Waals surface area contributed by atoms with Crippen molar-refractivity contribution in [1.29, 1.82) is 0 Å². The van der Waals surface area contributed by atoms with Crippen LogP contribution in [0.4, 0.5) is 0 Å². The third-order valence-electron chi connectivity index (χ3n) is 4.33. The fourth-order valence-corrected chi connectivity index (χ4v) is 2.97. The number of aliphatic hydroxyl groups is 1. The molecular formula is C23H23NO2. The molecule has 3 heteroatoms. The molecule has 3 aromatic carbocycles. The molecule has 1 atom stereocenters. The Morgan fingerprint density at radius 2 is 1.35 bits per heavy atom. The number of carbonyl (C=O) groups excluding carboxylic acids is 1. The van der Waals surface area contributed by atoms with E-state index in [-0.39, 0.29) is 12.3 Å². The summed E-state index contributed by atoms with van der Waals surface area (Å²) in [5.41, 5.74) is 2.67. The highest BCUT2D eigenvalue weighted by atomic mass is 16.3. The zero-order chi connectivity index (χ0) is 18.2. The van der Waals surface area contributed by atoms with Crippen LogP contribution in [-0.4, -0.2) is 28.9 Å². The van der Waals surface area contributed by atoms with Gasteiger partial charge >= 0.3 is 0 Å². The van der Waals surface area contributed by atoms with Gasteiger partial charge in [0.2, 0.25) is 0 Å². The molecule has 0 fully saturated rings. The van der Waals surface area contributed by atoms with Gasteiger partial charge in [0.25, 0.3) is 0 Å². The van der Waals surface area contributed by atoms with E-state index in [0.29, 0.717) is 18.7 Å². The summed E-state index contributed by atoms with van der Waals surface area (Å²) < 4.78 is 0. The highest BCUT2D eigenvalue weighted by molar-refractivity contribution is 5.97. The number of benzene rings is 3. The van der Waals surface area contributed by atoms with Crippen molar-refractivity contribution in [2.24, 2.45) is 0 Å². The maximum atomic E-state index is 12.6. The molecular weight excluding hydrogens is 322 g/mol. The van der Waals surface area contributed by atoms with Crippen molar-refractivity contribution in [3.05, 3.63) is 108 Å². The molecule has 1 unspecified atom stereocenters. The molecule has 132 valence electrons. The van der Waals surface area contributed by atoms with Crippen LogP contribution in [0.25, 0.3) is 0 Å². The molecule has 0 bridgehead atoms. The van der Waals surface area contributed by atoms with Gasteiger partial charge < -0.3 is 5.11 Å². The van der Waals surface area contributed by atoms with Crippen molar-refractivity contribution < 1.29 is 9.90 Å². The number of rotatable bonds is 8. The summed E-state index contributed by atoms with van der Waals surface area (Å²) in [4.78, 5) is 14.6. The van der Waals surface area contributed by atoms with Crippen LogP contribution in [-0.2, 0) is 6.54 Å². The van der Waals surface area contributed by atoms with Crippen molar-refractivity contribution in [3.63, 3.8) is 0 Å². The summed E-state index contributed by atoms with van der Waals surface area (Å²) in [5, 5.41) is 10.6. The number of aliphatic hydroxyl groups excluding tert-OH is 1. The Morgan fingerprint density at radius 1 is 0.808 bits per heavy atom. The van der Waals surface area contributed by atoms with Gasteiger partial charge in [-0.15, -0.1) is 0 Å². The fourth-order valence-electron chi connectivity index (χ4n) is 2.97. The van der Waals surface area contributed by atoms with Crippen LogP contribution in [0, 0.1) is 0 Å². The number of ketones is 1. The molecule has 0 amide bonds. The van der Waals surface area contributed by atoms with Gasteiger partial charge in [-0.25, -0.2) is 0 Å². The van der Waals surface area contributed by atoms with Crippen molar-refractivity contribution >= 4 is 5.78 Å². The lowest BCUT2D eigenvalue weighted by molar-refractivity contribution is 0.0819. The first-order valence-electron chi connectivity index (χ1n) is 8.80. The van der Waals surface area contributed by atoms with Crippen LogP contribution in [0.1, 0.15) is 27.6 Å². The van der Waals surface area contributed by atoms with Crippen LogP contribution < -0.4 is 0 Å². The Morgan fingerprint density at radius 3 is 1.96 bits per heavy atom. The van der Waals surface area contributed by atoms with E-state index in [1.54, 1.807) is 0 Å². The van der Waals surface area contributed by atoms with Crippen molar-refractivity contribution in [3.8, 4) is 0 Å². The summed E-state index contributed by atoms with van der Waals surface area (Å²) in [6, 6.07) is 28.9. The molecule has 0 aliphatic heterocycles. The van der Waals surface area contributed by atoms with Gasteiger partial charge in [0.05, 0.1) is 12.6 Å².